The summed E-state index contributed by atoms with van der Waals surface area (Å²) in [7, 11) is 0. The number of hydrogen-bond acceptors (Lipinski definition) is 5. The molecule has 3 unspecified atom stereocenters. The van der Waals surface area contributed by atoms with Crippen molar-refractivity contribution in [1.82, 2.24) is 5.32 Å². The van der Waals surface area contributed by atoms with E-state index in [2.05, 4.69) is 50.4 Å². The Morgan fingerprint density at radius 3 is 1.34 bits per heavy atom. The molecule has 0 rings (SSSR count). The highest BCUT2D eigenvalue weighted by atomic mass is 16.5. The smallest absolute Gasteiger partial charge is 0.306 e. The summed E-state index contributed by atoms with van der Waals surface area (Å²) in [5, 5.41) is 23.8. The van der Waals surface area contributed by atoms with Gasteiger partial charge in [-0.15, -0.1) is 0 Å². The summed E-state index contributed by atoms with van der Waals surface area (Å²) in [6.45, 7) is 6.33. The van der Waals surface area contributed by atoms with Crippen LogP contribution in [0.3, 0.4) is 0 Å². The van der Waals surface area contributed by atoms with Crippen molar-refractivity contribution in [2.75, 3.05) is 6.61 Å². The van der Waals surface area contributed by atoms with Crippen molar-refractivity contribution in [3.63, 3.8) is 0 Å². The second-order valence-corrected chi connectivity index (χ2v) is 18.4. The van der Waals surface area contributed by atoms with Gasteiger partial charge in [0.25, 0.3) is 0 Å². The van der Waals surface area contributed by atoms with E-state index in [0.717, 1.165) is 57.8 Å². The highest BCUT2D eigenvalue weighted by Gasteiger charge is 2.24. The normalized spacial score (nSPS) is 13.8. The molecule has 0 saturated carbocycles. The fourth-order valence-corrected chi connectivity index (χ4v) is 8.04. The molecule has 0 heterocycles. The minimum Gasteiger partial charge on any atom is -0.462 e. The van der Waals surface area contributed by atoms with E-state index in [4.69, 9.17) is 4.74 Å². The van der Waals surface area contributed by atoms with Crippen LogP contribution < -0.4 is 5.32 Å². The third-order valence-electron chi connectivity index (χ3n) is 12.1. The molecule has 64 heavy (non-hydrogen) atoms. The lowest BCUT2D eigenvalue weighted by Gasteiger charge is -2.24. The van der Waals surface area contributed by atoms with Gasteiger partial charge in [0.1, 0.15) is 6.10 Å². The molecule has 0 aliphatic carbocycles. The lowest BCUT2D eigenvalue weighted by Crippen LogP contribution is -2.46. The molecule has 3 N–H and O–H groups in total. The Kier molecular flexibility index (Phi) is 49.1. The van der Waals surface area contributed by atoms with Gasteiger partial charge in [-0.3, -0.25) is 9.59 Å². The Bertz CT molecular complexity index is 1190. The number of aliphatic hydroxyl groups excluding tert-OH is 2. The Morgan fingerprint density at radius 2 is 0.875 bits per heavy atom. The summed E-state index contributed by atoms with van der Waals surface area (Å²) in [4.78, 5) is 26.2. The number of esters is 1. The summed E-state index contributed by atoms with van der Waals surface area (Å²) in [5.74, 6) is -0.549. The molecular weight excluding hydrogens is 791 g/mol. The van der Waals surface area contributed by atoms with E-state index in [0.29, 0.717) is 19.3 Å². The van der Waals surface area contributed by atoms with Crippen LogP contribution in [0, 0.1) is 0 Å². The first-order chi connectivity index (χ1) is 31.5. The number of carbonyl (C=O) groups excluding carboxylic acids is 2. The van der Waals surface area contributed by atoms with E-state index in [-0.39, 0.29) is 24.9 Å². The van der Waals surface area contributed by atoms with Crippen molar-refractivity contribution in [1.29, 1.82) is 0 Å². The van der Waals surface area contributed by atoms with Crippen LogP contribution in [-0.2, 0) is 14.3 Å². The zero-order chi connectivity index (χ0) is 46.7. The fourth-order valence-electron chi connectivity index (χ4n) is 8.04. The zero-order valence-electron chi connectivity index (χ0n) is 42.1. The largest absolute Gasteiger partial charge is 0.462 e. The molecule has 0 saturated heterocycles. The number of nitrogens with one attached hydrogen (secondary N) is 1. The predicted octanol–water partition coefficient (Wildman–Crippen LogP) is 16.6. The van der Waals surface area contributed by atoms with E-state index in [1.807, 2.05) is 48.6 Å². The number of aliphatic hydroxyl groups is 2. The van der Waals surface area contributed by atoms with E-state index >= 15 is 0 Å². The molecule has 0 spiro atoms. The van der Waals surface area contributed by atoms with Gasteiger partial charge in [0.15, 0.2) is 0 Å². The van der Waals surface area contributed by atoms with Gasteiger partial charge in [-0.2, -0.15) is 0 Å². The maximum absolute atomic E-state index is 13.2. The summed E-state index contributed by atoms with van der Waals surface area (Å²) >= 11 is 0. The molecule has 0 aliphatic heterocycles. The zero-order valence-corrected chi connectivity index (χ0v) is 42.1. The molecule has 0 aromatic heterocycles. The van der Waals surface area contributed by atoms with Gasteiger partial charge in [-0.05, 0) is 64.2 Å². The van der Waals surface area contributed by atoms with Gasteiger partial charge < -0.3 is 20.3 Å². The van der Waals surface area contributed by atoms with Gasteiger partial charge in [-0.25, -0.2) is 0 Å². The van der Waals surface area contributed by atoms with Crippen LogP contribution in [0.5, 0.6) is 0 Å². The summed E-state index contributed by atoms with van der Waals surface area (Å²) in [6, 6.07) is -0.728. The van der Waals surface area contributed by atoms with Crippen LogP contribution in [-0.4, -0.2) is 46.9 Å². The number of ether oxygens (including phenoxy) is 1. The van der Waals surface area contributed by atoms with Crippen LogP contribution >= 0.6 is 0 Å². The molecule has 3 atom stereocenters. The molecule has 370 valence electrons. The van der Waals surface area contributed by atoms with Crippen molar-refractivity contribution in [2.45, 2.75) is 277 Å². The first-order valence-electron chi connectivity index (χ1n) is 27.2. The quantitative estimate of drug-likeness (QED) is 0.0245. The summed E-state index contributed by atoms with van der Waals surface area (Å²) < 4.78 is 5.90. The van der Waals surface area contributed by atoms with E-state index in [9.17, 15) is 19.8 Å². The SMILES string of the molecule is CC/C=C/C=C/C=C\C=C/C=C/CCCC(CC(=O)NC(CO)C(O)CCCCCCCCCCCCCCCCC)OC(=O)CCCCCCCCC/C=C/CCCCCCCC. The van der Waals surface area contributed by atoms with Crippen molar-refractivity contribution in [3.8, 4) is 0 Å². The first-order valence-corrected chi connectivity index (χ1v) is 27.2. The van der Waals surface area contributed by atoms with Crippen LogP contribution in [0.4, 0.5) is 0 Å². The highest BCUT2D eigenvalue weighted by molar-refractivity contribution is 5.77. The Balaban J connectivity index is 4.62. The average molecular weight is 894 g/mol. The lowest BCUT2D eigenvalue weighted by molar-refractivity contribution is -0.151. The summed E-state index contributed by atoms with van der Waals surface area (Å²) in [5.41, 5.74) is 0. The van der Waals surface area contributed by atoms with Crippen molar-refractivity contribution >= 4 is 11.9 Å². The average Bonchev–Trinajstić information content (AvgIpc) is 3.29. The number of carbonyl (C=O) groups is 2. The van der Waals surface area contributed by atoms with E-state index in [1.54, 1.807) is 0 Å². The summed E-state index contributed by atoms with van der Waals surface area (Å²) in [6.07, 6.45) is 65.4. The first kappa shape index (κ1) is 61.3. The molecule has 6 heteroatoms. The lowest BCUT2D eigenvalue weighted by atomic mass is 10.0. The monoisotopic (exact) mass is 894 g/mol. The van der Waals surface area contributed by atoms with Crippen molar-refractivity contribution in [2.24, 2.45) is 0 Å². The maximum Gasteiger partial charge on any atom is 0.306 e. The van der Waals surface area contributed by atoms with Gasteiger partial charge in [0.2, 0.25) is 5.91 Å². The van der Waals surface area contributed by atoms with Crippen LogP contribution in [0.1, 0.15) is 258 Å². The molecule has 0 bridgehead atoms. The predicted molar refractivity (Wildman–Crippen MR) is 278 cm³/mol. The topological polar surface area (TPSA) is 95.9 Å². The fraction of sp³-hybridized carbons (Fsp3) is 0.759. The number of rotatable bonds is 48. The van der Waals surface area contributed by atoms with Crippen LogP contribution in [0.25, 0.3) is 0 Å². The molecule has 0 aliphatic rings. The minimum atomic E-state index is -0.810. The third kappa shape index (κ3) is 45.9. The highest BCUT2D eigenvalue weighted by Crippen LogP contribution is 2.17. The minimum absolute atomic E-state index is 0.0253. The van der Waals surface area contributed by atoms with Crippen molar-refractivity contribution in [3.05, 3.63) is 72.9 Å². The third-order valence-corrected chi connectivity index (χ3v) is 12.1. The van der Waals surface area contributed by atoms with Crippen LogP contribution in [0.2, 0.25) is 0 Å². The Hall–Kier alpha value is -2.70. The van der Waals surface area contributed by atoms with Crippen molar-refractivity contribution < 1.29 is 24.5 Å². The van der Waals surface area contributed by atoms with Gasteiger partial charge in [-0.1, -0.05) is 254 Å². The van der Waals surface area contributed by atoms with Gasteiger partial charge in [0, 0.05) is 6.42 Å². The molecule has 0 fully saturated rings. The number of amides is 1. The molecule has 0 aromatic carbocycles. The van der Waals surface area contributed by atoms with Crippen LogP contribution in [0.15, 0.2) is 72.9 Å². The second-order valence-electron chi connectivity index (χ2n) is 18.4. The van der Waals surface area contributed by atoms with E-state index < -0.39 is 18.2 Å². The van der Waals surface area contributed by atoms with Gasteiger partial charge >= 0.3 is 5.97 Å². The molecule has 6 nitrogen and oxygen atoms in total. The standard InChI is InChI=1S/C58H103NO5/c1-4-7-10-13-16-19-22-25-27-28-30-33-36-39-42-45-48-51-58(63)64-54(49-46-43-40-37-34-31-24-21-18-15-12-9-6-3)52-57(62)59-55(53-60)56(61)50-47-44-41-38-35-32-29-26-23-20-17-14-11-8-5-2/h9,12,15,18,21,24-25,27,31,34,37,40,54-56,60-61H,4-8,10-11,13-14,16-17,19-20,22-23,26,28-30,32-33,35-36,38-39,41-53H2,1-3H3,(H,59,62)/b12-9+,18-15+,24-21-,27-25+,34-31-,40-37+. The van der Waals surface area contributed by atoms with Gasteiger partial charge in [0.05, 0.1) is 25.2 Å². The molecule has 0 aromatic rings. The molecule has 1 amide bonds. The second kappa shape index (κ2) is 51.3. The Labute approximate surface area is 396 Å². The van der Waals surface area contributed by atoms with E-state index in [1.165, 1.54) is 154 Å². The number of allylic oxidation sites excluding steroid dienone is 12. The maximum atomic E-state index is 13.2. The Morgan fingerprint density at radius 1 is 0.469 bits per heavy atom. The number of unbranched alkanes of at least 4 members (excludes halogenated alkanes) is 28. The number of hydrogen-bond donors (Lipinski definition) is 3. The molecular formula is C58H103NO5. The molecule has 0 radical (unpaired) electrons.